The Morgan fingerprint density at radius 3 is 2.52 bits per heavy atom. The van der Waals surface area contributed by atoms with Gasteiger partial charge in [-0.15, -0.1) is 0 Å². The number of nitrogens with zero attached hydrogens (tertiary/aromatic N) is 3. The number of aliphatic imine (C=N–C) groups is 1. The molecule has 0 spiro atoms. The summed E-state index contributed by atoms with van der Waals surface area (Å²) in [7, 11) is 2.13. The summed E-state index contributed by atoms with van der Waals surface area (Å²) >= 11 is 1.80. The summed E-state index contributed by atoms with van der Waals surface area (Å²) in [5.74, 6) is 1.03. The second-order valence-electron chi connectivity index (χ2n) is 5.04. The Morgan fingerprint density at radius 1 is 1.10 bits per heavy atom. The number of pyridine rings is 1. The van der Waals surface area contributed by atoms with Crippen LogP contribution in [-0.2, 0) is 0 Å². The van der Waals surface area contributed by atoms with Crippen LogP contribution >= 0.6 is 11.8 Å². The smallest absolute Gasteiger partial charge is 0.160 e. The van der Waals surface area contributed by atoms with E-state index in [9.17, 15) is 0 Å². The zero-order valence-electron chi connectivity index (χ0n) is 12.3. The van der Waals surface area contributed by atoms with Crippen molar-refractivity contribution in [2.45, 2.75) is 19.0 Å². The standard InChI is InChI=1S/C17H19N3S/c1-3-21-17-19-15(13-8-5-4-6-9-13)16(20(17)2)14-10-7-11-18-12-14/h4-12,15-16H,3H2,1-2H3. The maximum atomic E-state index is 4.96. The van der Waals surface area contributed by atoms with Crippen LogP contribution in [0.2, 0.25) is 0 Å². The molecule has 2 heterocycles. The number of thioether (sulfide) groups is 1. The van der Waals surface area contributed by atoms with Gasteiger partial charge in [-0.2, -0.15) is 0 Å². The molecule has 2 atom stereocenters. The molecular weight excluding hydrogens is 278 g/mol. The largest absolute Gasteiger partial charge is 0.345 e. The van der Waals surface area contributed by atoms with Gasteiger partial charge in [0, 0.05) is 19.4 Å². The van der Waals surface area contributed by atoms with E-state index in [4.69, 9.17) is 4.99 Å². The van der Waals surface area contributed by atoms with Crippen LogP contribution in [0.5, 0.6) is 0 Å². The molecule has 21 heavy (non-hydrogen) atoms. The van der Waals surface area contributed by atoms with Crippen LogP contribution in [0, 0.1) is 0 Å². The first-order chi connectivity index (χ1) is 10.3. The average Bonchev–Trinajstić information content (AvgIpc) is 2.86. The maximum absolute atomic E-state index is 4.96. The van der Waals surface area contributed by atoms with Crippen LogP contribution in [0.15, 0.2) is 59.9 Å². The molecule has 2 unspecified atom stereocenters. The summed E-state index contributed by atoms with van der Waals surface area (Å²) in [4.78, 5) is 11.5. The van der Waals surface area contributed by atoms with Crippen molar-refractivity contribution < 1.29 is 0 Å². The Morgan fingerprint density at radius 2 is 1.86 bits per heavy atom. The number of amidine groups is 1. The molecule has 1 aromatic heterocycles. The van der Waals surface area contributed by atoms with Crippen LogP contribution in [0.4, 0.5) is 0 Å². The molecule has 3 nitrogen and oxygen atoms in total. The molecule has 108 valence electrons. The van der Waals surface area contributed by atoms with Crippen molar-refractivity contribution in [2.24, 2.45) is 4.99 Å². The molecule has 0 N–H and O–H groups in total. The van der Waals surface area contributed by atoms with Crippen LogP contribution in [-0.4, -0.2) is 27.9 Å². The van der Waals surface area contributed by atoms with Crippen molar-refractivity contribution in [3.05, 3.63) is 66.0 Å². The van der Waals surface area contributed by atoms with Gasteiger partial charge in [0.2, 0.25) is 0 Å². The summed E-state index contributed by atoms with van der Waals surface area (Å²) in [6.45, 7) is 2.16. The van der Waals surface area contributed by atoms with E-state index in [1.54, 1.807) is 11.8 Å². The second-order valence-corrected chi connectivity index (χ2v) is 6.27. The molecule has 0 fully saturated rings. The minimum Gasteiger partial charge on any atom is -0.345 e. The van der Waals surface area contributed by atoms with Gasteiger partial charge >= 0.3 is 0 Å². The lowest BCUT2D eigenvalue weighted by Crippen LogP contribution is -2.26. The predicted octanol–water partition coefficient (Wildman–Crippen LogP) is 3.92. The van der Waals surface area contributed by atoms with E-state index in [-0.39, 0.29) is 12.1 Å². The highest BCUT2D eigenvalue weighted by Crippen LogP contribution is 2.42. The fraction of sp³-hybridized carbons (Fsp3) is 0.294. The molecule has 0 bridgehead atoms. The number of hydrogen-bond donors (Lipinski definition) is 0. The fourth-order valence-corrected chi connectivity index (χ4v) is 3.51. The van der Waals surface area contributed by atoms with Gasteiger partial charge in [-0.05, 0) is 22.9 Å². The highest BCUT2D eigenvalue weighted by atomic mass is 32.2. The summed E-state index contributed by atoms with van der Waals surface area (Å²) in [6.07, 6.45) is 3.77. The van der Waals surface area contributed by atoms with Crippen molar-refractivity contribution in [3.63, 3.8) is 0 Å². The van der Waals surface area contributed by atoms with Gasteiger partial charge in [-0.1, -0.05) is 55.1 Å². The van der Waals surface area contributed by atoms with E-state index in [2.05, 4.69) is 54.2 Å². The molecular formula is C17H19N3S. The van der Waals surface area contributed by atoms with Crippen molar-refractivity contribution in [2.75, 3.05) is 12.8 Å². The topological polar surface area (TPSA) is 28.5 Å². The number of likely N-dealkylation sites (N-methyl/N-ethyl adjacent to an activating group) is 1. The zero-order valence-corrected chi connectivity index (χ0v) is 13.1. The van der Waals surface area contributed by atoms with Crippen molar-refractivity contribution in [3.8, 4) is 0 Å². The van der Waals surface area contributed by atoms with Crippen molar-refractivity contribution in [1.29, 1.82) is 0 Å². The summed E-state index contributed by atoms with van der Waals surface area (Å²) in [6, 6.07) is 15.0. The third-order valence-corrected chi connectivity index (χ3v) is 4.65. The van der Waals surface area contributed by atoms with Gasteiger partial charge in [0.25, 0.3) is 0 Å². The molecule has 1 aromatic carbocycles. The number of rotatable bonds is 3. The maximum Gasteiger partial charge on any atom is 0.160 e. The zero-order chi connectivity index (χ0) is 14.7. The molecule has 1 aliphatic rings. The minimum atomic E-state index is 0.134. The van der Waals surface area contributed by atoms with E-state index in [1.165, 1.54) is 11.1 Å². The highest BCUT2D eigenvalue weighted by molar-refractivity contribution is 8.13. The van der Waals surface area contributed by atoms with Gasteiger partial charge in [-0.3, -0.25) is 9.98 Å². The molecule has 1 aliphatic heterocycles. The van der Waals surface area contributed by atoms with Gasteiger partial charge in [0.1, 0.15) is 6.04 Å². The van der Waals surface area contributed by atoms with E-state index in [0.717, 1.165) is 10.9 Å². The Hall–Kier alpha value is -1.81. The van der Waals surface area contributed by atoms with Crippen LogP contribution in [0.3, 0.4) is 0 Å². The number of hydrogen-bond acceptors (Lipinski definition) is 4. The third-order valence-electron chi connectivity index (χ3n) is 3.71. The predicted molar refractivity (Wildman–Crippen MR) is 89.5 cm³/mol. The fourth-order valence-electron chi connectivity index (χ4n) is 2.74. The quantitative estimate of drug-likeness (QED) is 0.859. The molecule has 0 saturated heterocycles. The van der Waals surface area contributed by atoms with Gasteiger partial charge in [0.15, 0.2) is 5.17 Å². The van der Waals surface area contributed by atoms with Crippen molar-refractivity contribution in [1.82, 2.24) is 9.88 Å². The molecule has 2 aromatic rings. The first-order valence-electron chi connectivity index (χ1n) is 7.19. The molecule has 0 saturated carbocycles. The third kappa shape index (κ3) is 2.81. The normalized spacial score (nSPS) is 21.4. The SMILES string of the molecule is CCSC1=NC(c2ccccc2)C(c2cccnc2)N1C. The van der Waals surface area contributed by atoms with Gasteiger partial charge in [0.05, 0.1) is 6.04 Å². The monoisotopic (exact) mass is 297 g/mol. The molecule has 3 rings (SSSR count). The highest BCUT2D eigenvalue weighted by Gasteiger charge is 2.35. The lowest BCUT2D eigenvalue weighted by Gasteiger charge is -2.26. The Labute approximate surface area is 130 Å². The van der Waals surface area contributed by atoms with Crippen molar-refractivity contribution >= 4 is 16.9 Å². The first-order valence-corrected chi connectivity index (χ1v) is 8.18. The van der Waals surface area contributed by atoms with E-state index >= 15 is 0 Å². The van der Waals surface area contributed by atoms with Gasteiger partial charge < -0.3 is 4.90 Å². The van der Waals surface area contributed by atoms with E-state index in [0.29, 0.717) is 0 Å². The molecule has 0 amide bonds. The lowest BCUT2D eigenvalue weighted by molar-refractivity contribution is 0.367. The minimum absolute atomic E-state index is 0.134. The summed E-state index contributed by atoms with van der Waals surface area (Å²) in [5.41, 5.74) is 2.47. The molecule has 0 radical (unpaired) electrons. The van der Waals surface area contributed by atoms with Crippen LogP contribution in [0.1, 0.15) is 30.1 Å². The summed E-state index contributed by atoms with van der Waals surface area (Å²) < 4.78 is 0. The van der Waals surface area contributed by atoms with Crippen LogP contribution in [0.25, 0.3) is 0 Å². The van der Waals surface area contributed by atoms with E-state index in [1.807, 2.05) is 24.5 Å². The molecule has 4 heteroatoms. The Kier molecular flexibility index (Phi) is 4.25. The van der Waals surface area contributed by atoms with Crippen LogP contribution < -0.4 is 0 Å². The summed E-state index contributed by atoms with van der Waals surface area (Å²) in [5, 5.41) is 1.11. The number of benzene rings is 1. The van der Waals surface area contributed by atoms with E-state index < -0.39 is 0 Å². The van der Waals surface area contributed by atoms with Gasteiger partial charge in [-0.25, -0.2) is 0 Å². The number of aromatic nitrogens is 1. The lowest BCUT2D eigenvalue weighted by atomic mass is 9.95. The Balaban J connectivity index is 2.00. The first kappa shape index (κ1) is 14.1. The average molecular weight is 297 g/mol. The molecule has 0 aliphatic carbocycles. The Bertz CT molecular complexity index is 612. The second kappa shape index (κ2) is 6.31.